The summed E-state index contributed by atoms with van der Waals surface area (Å²) < 4.78 is 1.92. The molecule has 1 N–H and O–H groups in total. The van der Waals surface area contributed by atoms with E-state index in [2.05, 4.69) is 42.0 Å². The van der Waals surface area contributed by atoms with E-state index in [-0.39, 0.29) is 12.0 Å². The van der Waals surface area contributed by atoms with E-state index in [9.17, 15) is 10.5 Å². The zero-order chi connectivity index (χ0) is 22.9. The lowest BCUT2D eigenvalue weighted by Gasteiger charge is -2.24. The largest absolute Gasteiger partial charge is 0.369 e. The fraction of sp³-hybridized carbons (Fsp3) is 0.348. The molecule has 33 heavy (non-hydrogen) atoms. The van der Waals surface area contributed by atoms with E-state index in [0.717, 1.165) is 40.6 Å². The molecule has 0 saturated carbocycles. The highest BCUT2D eigenvalue weighted by molar-refractivity contribution is 6.32. The van der Waals surface area contributed by atoms with E-state index in [0.29, 0.717) is 30.2 Å². The van der Waals surface area contributed by atoms with Gasteiger partial charge < -0.3 is 14.8 Å². The summed E-state index contributed by atoms with van der Waals surface area (Å²) in [7, 11) is 2.01. The second-order valence-corrected chi connectivity index (χ2v) is 8.75. The summed E-state index contributed by atoms with van der Waals surface area (Å²) in [6.45, 7) is 2.05. The Hall–Kier alpha value is -3.82. The number of pyridine rings is 1. The molecule has 0 bridgehead atoms. The molecule has 2 atom stereocenters. The van der Waals surface area contributed by atoms with Crippen LogP contribution in [0.2, 0.25) is 5.02 Å². The predicted molar refractivity (Wildman–Crippen MR) is 122 cm³/mol. The normalized spacial score (nSPS) is 18.4. The summed E-state index contributed by atoms with van der Waals surface area (Å²) in [6, 6.07) is 6.48. The minimum Gasteiger partial charge on any atom is -0.369 e. The standard InChI is InChI=1S/C23H22ClN9/c1-31-14-29-23-17(3-6-28-23)22(31)16-9-30-33(13-16)20(2-5-25)15-4-7-32(12-15)21-11-27-10-19(24)18(21)8-26/h3,6,9-11,13,15,20H,2,4,7,12,14H2,1H3,(H,28,29). The molecule has 0 aliphatic carbocycles. The molecular weight excluding hydrogens is 438 g/mol. The molecule has 10 heteroatoms. The molecule has 0 aromatic carbocycles. The van der Waals surface area contributed by atoms with Crippen molar-refractivity contribution in [2.75, 3.05) is 31.7 Å². The van der Waals surface area contributed by atoms with Gasteiger partial charge in [-0.15, -0.1) is 0 Å². The number of hydrogen-bond donors (Lipinski definition) is 1. The highest BCUT2D eigenvalue weighted by Gasteiger charge is 2.33. The van der Waals surface area contributed by atoms with Crippen LogP contribution in [0.5, 0.6) is 0 Å². The number of nitrogens with one attached hydrogen (secondary N) is 1. The van der Waals surface area contributed by atoms with Gasteiger partial charge in [-0.2, -0.15) is 15.6 Å². The fourth-order valence-corrected chi connectivity index (χ4v) is 5.01. The molecule has 5 rings (SSSR count). The summed E-state index contributed by atoms with van der Waals surface area (Å²) in [5.74, 6) is 0.204. The van der Waals surface area contributed by atoms with Crippen LogP contribution in [0.15, 0.2) is 42.0 Å². The molecule has 5 heterocycles. The van der Waals surface area contributed by atoms with Crippen molar-refractivity contribution in [2.24, 2.45) is 10.9 Å². The molecule has 0 radical (unpaired) electrons. The van der Waals surface area contributed by atoms with Gasteiger partial charge in [0.25, 0.3) is 0 Å². The van der Waals surface area contributed by atoms with E-state index >= 15 is 0 Å². The van der Waals surface area contributed by atoms with Crippen LogP contribution in [0, 0.1) is 28.6 Å². The lowest BCUT2D eigenvalue weighted by atomic mass is 9.96. The molecule has 2 aliphatic heterocycles. The number of nitriles is 2. The Morgan fingerprint density at radius 3 is 3.00 bits per heavy atom. The number of H-pyrrole nitrogens is 1. The molecule has 3 aromatic heterocycles. The maximum absolute atomic E-state index is 9.55. The summed E-state index contributed by atoms with van der Waals surface area (Å²) >= 11 is 6.18. The second-order valence-electron chi connectivity index (χ2n) is 8.35. The highest BCUT2D eigenvalue weighted by atomic mass is 35.5. The van der Waals surface area contributed by atoms with Crippen molar-refractivity contribution in [2.45, 2.75) is 18.9 Å². The SMILES string of the molecule is CN1CN=c2[nH]ccc2=C1c1cnn(C(CC#N)C2CCN(c3cncc(Cl)c3C#N)C2)c1. The lowest BCUT2D eigenvalue weighted by molar-refractivity contribution is 0.331. The van der Waals surface area contributed by atoms with Crippen LogP contribution in [-0.4, -0.2) is 51.5 Å². The van der Waals surface area contributed by atoms with Crippen LogP contribution in [0.4, 0.5) is 5.69 Å². The first-order valence-electron chi connectivity index (χ1n) is 10.7. The first kappa shape index (κ1) is 21.0. The number of anilines is 1. The first-order chi connectivity index (χ1) is 16.1. The number of aromatic amines is 1. The fourth-order valence-electron chi connectivity index (χ4n) is 4.82. The van der Waals surface area contributed by atoms with Gasteiger partial charge in [-0.3, -0.25) is 9.67 Å². The third-order valence-electron chi connectivity index (χ3n) is 6.42. The number of halogens is 1. The van der Waals surface area contributed by atoms with Crippen molar-refractivity contribution in [3.63, 3.8) is 0 Å². The Morgan fingerprint density at radius 1 is 1.30 bits per heavy atom. The molecule has 2 aliphatic rings. The number of hydrogen-bond acceptors (Lipinski definition) is 7. The number of nitrogens with zero attached hydrogens (tertiary/aromatic N) is 8. The molecular formula is C23H22ClN9. The van der Waals surface area contributed by atoms with Crippen LogP contribution in [0.3, 0.4) is 0 Å². The van der Waals surface area contributed by atoms with E-state index in [1.807, 2.05) is 36.4 Å². The van der Waals surface area contributed by atoms with Gasteiger partial charge in [0.15, 0.2) is 0 Å². The van der Waals surface area contributed by atoms with E-state index in [4.69, 9.17) is 11.6 Å². The minimum absolute atomic E-state index is 0.0729. The summed E-state index contributed by atoms with van der Waals surface area (Å²) in [5, 5.41) is 25.2. The van der Waals surface area contributed by atoms with E-state index < -0.39 is 0 Å². The maximum Gasteiger partial charge on any atom is 0.136 e. The number of rotatable bonds is 5. The molecule has 1 saturated heterocycles. The van der Waals surface area contributed by atoms with Crippen LogP contribution in [0.25, 0.3) is 5.70 Å². The monoisotopic (exact) mass is 459 g/mol. The Labute approximate surface area is 195 Å². The Kier molecular flexibility index (Phi) is 5.49. The van der Waals surface area contributed by atoms with Crippen LogP contribution in [-0.2, 0) is 0 Å². The molecule has 166 valence electrons. The van der Waals surface area contributed by atoms with Gasteiger partial charge in [0.1, 0.15) is 18.2 Å². The molecule has 9 nitrogen and oxygen atoms in total. The van der Waals surface area contributed by atoms with Crippen molar-refractivity contribution in [3.05, 3.63) is 63.9 Å². The topological polar surface area (TPSA) is 113 Å². The van der Waals surface area contributed by atoms with Crippen molar-refractivity contribution >= 4 is 23.0 Å². The van der Waals surface area contributed by atoms with E-state index in [1.165, 1.54) is 6.20 Å². The summed E-state index contributed by atoms with van der Waals surface area (Å²) in [4.78, 5) is 16.1. The van der Waals surface area contributed by atoms with Gasteiger partial charge in [-0.05, 0) is 12.5 Å². The smallest absolute Gasteiger partial charge is 0.136 e. The Bertz CT molecular complexity index is 1390. The van der Waals surface area contributed by atoms with Gasteiger partial charge in [-0.25, -0.2) is 4.99 Å². The lowest BCUT2D eigenvalue weighted by Crippen LogP contribution is -2.38. The second kappa shape index (κ2) is 8.61. The molecule has 2 unspecified atom stereocenters. The Balaban J connectivity index is 1.44. The third-order valence-corrected chi connectivity index (χ3v) is 6.71. The van der Waals surface area contributed by atoms with Crippen LogP contribution < -0.4 is 15.6 Å². The van der Waals surface area contributed by atoms with Crippen molar-refractivity contribution in [3.8, 4) is 12.1 Å². The number of aromatic nitrogens is 4. The maximum atomic E-state index is 9.55. The molecule has 0 spiro atoms. The summed E-state index contributed by atoms with van der Waals surface area (Å²) in [5.41, 5.74) is 4.12. The minimum atomic E-state index is -0.0729. The van der Waals surface area contributed by atoms with Crippen molar-refractivity contribution in [1.29, 1.82) is 10.5 Å². The van der Waals surface area contributed by atoms with Gasteiger partial charge in [-0.1, -0.05) is 11.6 Å². The first-order valence-corrected chi connectivity index (χ1v) is 11.1. The average molecular weight is 460 g/mol. The molecule has 3 aromatic rings. The van der Waals surface area contributed by atoms with Gasteiger partial charge >= 0.3 is 0 Å². The summed E-state index contributed by atoms with van der Waals surface area (Å²) in [6.07, 6.45) is 10.2. The van der Waals surface area contributed by atoms with Crippen LogP contribution >= 0.6 is 11.6 Å². The van der Waals surface area contributed by atoms with Crippen molar-refractivity contribution < 1.29 is 0 Å². The molecule has 0 amide bonds. The van der Waals surface area contributed by atoms with E-state index in [1.54, 1.807) is 6.20 Å². The zero-order valence-corrected chi connectivity index (χ0v) is 18.9. The zero-order valence-electron chi connectivity index (χ0n) is 18.1. The van der Waals surface area contributed by atoms with Gasteiger partial charge in [0.2, 0.25) is 0 Å². The van der Waals surface area contributed by atoms with Crippen molar-refractivity contribution in [1.82, 2.24) is 24.6 Å². The highest BCUT2D eigenvalue weighted by Crippen LogP contribution is 2.35. The predicted octanol–water partition coefficient (Wildman–Crippen LogP) is 1.79. The van der Waals surface area contributed by atoms with Crippen LogP contribution in [0.1, 0.15) is 30.0 Å². The van der Waals surface area contributed by atoms with Gasteiger partial charge in [0, 0.05) is 55.4 Å². The Morgan fingerprint density at radius 2 is 2.18 bits per heavy atom. The number of fused-ring (bicyclic) bond motifs is 1. The third kappa shape index (κ3) is 3.71. The van der Waals surface area contributed by atoms with Gasteiger partial charge in [0.05, 0.1) is 52.9 Å². The molecule has 1 fully saturated rings. The average Bonchev–Trinajstić information content (AvgIpc) is 3.58. The quantitative estimate of drug-likeness (QED) is 0.622.